The molecule has 3 rings (SSSR count). The molecule has 4 heteroatoms. The highest BCUT2D eigenvalue weighted by atomic mass is 35.5. The molecule has 0 saturated heterocycles. The van der Waals surface area contributed by atoms with Crippen LogP contribution in [0.5, 0.6) is 0 Å². The first-order valence-corrected chi connectivity index (χ1v) is 6.58. The molecule has 2 heterocycles. The first-order chi connectivity index (χ1) is 9.83. The van der Waals surface area contributed by atoms with Gasteiger partial charge in [-0.1, -0.05) is 29.8 Å². The number of benzene rings is 1. The fourth-order valence-corrected chi connectivity index (χ4v) is 2.17. The number of pyridine rings is 1. The number of H-pyrrole nitrogens is 1. The summed E-state index contributed by atoms with van der Waals surface area (Å²) >= 11 is 5.97. The van der Waals surface area contributed by atoms with Crippen LogP contribution in [0.3, 0.4) is 0 Å². The van der Waals surface area contributed by atoms with Gasteiger partial charge in [-0.15, -0.1) is 0 Å². The van der Waals surface area contributed by atoms with Gasteiger partial charge in [-0.05, 0) is 41.5 Å². The topological polar surface area (TPSA) is 41.6 Å². The lowest BCUT2D eigenvalue weighted by molar-refractivity contribution is 1.08. The number of hydrogen-bond acceptors (Lipinski definition) is 2. The van der Waals surface area contributed by atoms with Crippen LogP contribution in [0.4, 0.5) is 0 Å². The summed E-state index contributed by atoms with van der Waals surface area (Å²) in [6.45, 7) is 0. The van der Waals surface area contributed by atoms with Crippen molar-refractivity contribution < 1.29 is 0 Å². The van der Waals surface area contributed by atoms with Crippen LogP contribution in [0.15, 0.2) is 55.0 Å². The van der Waals surface area contributed by atoms with Gasteiger partial charge >= 0.3 is 0 Å². The second kappa shape index (κ2) is 5.72. The van der Waals surface area contributed by atoms with Crippen LogP contribution in [0.1, 0.15) is 11.3 Å². The predicted molar refractivity (Wildman–Crippen MR) is 82.2 cm³/mol. The molecule has 0 aliphatic heterocycles. The molecule has 20 heavy (non-hydrogen) atoms. The Morgan fingerprint density at radius 2 is 1.90 bits per heavy atom. The number of nitrogens with zero attached hydrogens (tertiary/aromatic N) is 2. The zero-order chi connectivity index (χ0) is 13.8. The Morgan fingerprint density at radius 1 is 1.05 bits per heavy atom. The maximum atomic E-state index is 5.97. The summed E-state index contributed by atoms with van der Waals surface area (Å²) in [4.78, 5) is 4.02. The molecule has 0 spiro atoms. The second-order valence-electron chi connectivity index (χ2n) is 4.32. The van der Waals surface area contributed by atoms with Crippen LogP contribution in [0.25, 0.3) is 23.3 Å². The van der Waals surface area contributed by atoms with Crippen molar-refractivity contribution in [3.63, 3.8) is 0 Å². The van der Waals surface area contributed by atoms with Crippen molar-refractivity contribution in [1.29, 1.82) is 0 Å². The quantitative estimate of drug-likeness (QED) is 0.778. The van der Waals surface area contributed by atoms with Gasteiger partial charge in [0.25, 0.3) is 0 Å². The van der Waals surface area contributed by atoms with Crippen molar-refractivity contribution in [3.8, 4) is 11.1 Å². The summed E-state index contributed by atoms with van der Waals surface area (Å²) in [7, 11) is 0. The van der Waals surface area contributed by atoms with Gasteiger partial charge in [0.05, 0.1) is 11.9 Å². The van der Waals surface area contributed by atoms with Crippen LogP contribution in [0, 0.1) is 0 Å². The zero-order valence-corrected chi connectivity index (χ0v) is 11.4. The van der Waals surface area contributed by atoms with E-state index in [1.165, 1.54) is 0 Å². The van der Waals surface area contributed by atoms with Gasteiger partial charge < -0.3 is 0 Å². The Hall–Kier alpha value is -2.39. The summed E-state index contributed by atoms with van der Waals surface area (Å²) < 4.78 is 0. The molecule has 0 radical (unpaired) electrons. The monoisotopic (exact) mass is 281 g/mol. The predicted octanol–water partition coefficient (Wildman–Crippen LogP) is 4.30. The molecule has 0 unspecified atom stereocenters. The molecule has 98 valence electrons. The maximum Gasteiger partial charge on any atom is 0.0656 e. The molecule has 0 saturated carbocycles. The lowest BCUT2D eigenvalue weighted by Crippen LogP contribution is -1.80. The minimum absolute atomic E-state index is 0.728. The third kappa shape index (κ3) is 2.78. The summed E-state index contributed by atoms with van der Waals surface area (Å²) in [5.41, 5.74) is 4.13. The third-order valence-corrected chi connectivity index (χ3v) is 3.19. The number of aromatic amines is 1. The SMILES string of the molecule is Clc1cccc(/C=C/c2[nH]ncc2-c2ccncc2)c1. The normalized spacial score (nSPS) is 11.1. The van der Waals surface area contributed by atoms with Crippen LogP contribution >= 0.6 is 11.6 Å². The average molecular weight is 282 g/mol. The molecule has 0 atom stereocenters. The van der Waals surface area contributed by atoms with Gasteiger partial charge in [-0.2, -0.15) is 5.10 Å². The molecular weight excluding hydrogens is 270 g/mol. The Morgan fingerprint density at radius 3 is 2.70 bits per heavy atom. The Kier molecular flexibility index (Phi) is 3.61. The lowest BCUT2D eigenvalue weighted by Gasteiger charge is -1.99. The number of rotatable bonds is 3. The van der Waals surface area contributed by atoms with Gasteiger partial charge in [0.1, 0.15) is 0 Å². The van der Waals surface area contributed by atoms with E-state index in [9.17, 15) is 0 Å². The zero-order valence-electron chi connectivity index (χ0n) is 10.6. The van der Waals surface area contributed by atoms with Gasteiger partial charge in [0, 0.05) is 23.0 Å². The fourth-order valence-electron chi connectivity index (χ4n) is 1.97. The molecule has 1 aromatic carbocycles. The molecule has 1 N–H and O–H groups in total. The van der Waals surface area contributed by atoms with E-state index in [1.54, 1.807) is 12.4 Å². The Bertz CT molecular complexity index is 732. The summed E-state index contributed by atoms with van der Waals surface area (Å²) in [5.74, 6) is 0. The molecule has 3 nitrogen and oxygen atoms in total. The molecule has 0 fully saturated rings. The summed E-state index contributed by atoms with van der Waals surface area (Å²) in [6.07, 6.45) is 9.35. The van der Waals surface area contributed by atoms with E-state index in [4.69, 9.17) is 11.6 Å². The molecule has 0 bridgehead atoms. The molecular formula is C16H12ClN3. The highest BCUT2D eigenvalue weighted by molar-refractivity contribution is 6.30. The largest absolute Gasteiger partial charge is 0.278 e. The Balaban J connectivity index is 1.91. The molecule has 2 aromatic heterocycles. The van der Waals surface area contributed by atoms with Crippen LogP contribution < -0.4 is 0 Å². The smallest absolute Gasteiger partial charge is 0.0656 e. The highest BCUT2D eigenvalue weighted by Gasteiger charge is 2.04. The second-order valence-corrected chi connectivity index (χ2v) is 4.76. The number of hydrogen-bond donors (Lipinski definition) is 1. The van der Waals surface area contributed by atoms with Crippen LogP contribution in [0.2, 0.25) is 5.02 Å². The van der Waals surface area contributed by atoms with Gasteiger partial charge in [-0.25, -0.2) is 0 Å². The van der Waals surface area contributed by atoms with Crippen molar-refractivity contribution in [2.45, 2.75) is 0 Å². The number of nitrogens with one attached hydrogen (secondary N) is 1. The van der Waals surface area contributed by atoms with Gasteiger partial charge in [0.15, 0.2) is 0 Å². The van der Waals surface area contributed by atoms with Crippen LogP contribution in [-0.2, 0) is 0 Å². The summed E-state index contributed by atoms with van der Waals surface area (Å²) in [6, 6.07) is 11.6. The highest BCUT2D eigenvalue weighted by Crippen LogP contribution is 2.23. The number of halogens is 1. The first-order valence-electron chi connectivity index (χ1n) is 6.20. The van der Waals surface area contributed by atoms with Gasteiger partial charge in [-0.3, -0.25) is 10.1 Å². The van der Waals surface area contributed by atoms with Crippen LogP contribution in [-0.4, -0.2) is 15.2 Å². The van der Waals surface area contributed by atoms with Crippen molar-refractivity contribution in [1.82, 2.24) is 15.2 Å². The van der Waals surface area contributed by atoms with E-state index < -0.39 is 0 Å². The first kappa shape index (κ1) is 12.6. The third-order valence-electron chi connectivity index (χ3n) is 2.95. The van der Waals surface area contributed by atoms with Gasteiger partial charge in [0.2, 0.25) is 0 Å². The molecule has 0 aliphatic carbocycles. The minimum atomic E-state index is 0.728. The molecule has 0 aliphatic rings. The van der Waals surface area contributed by atoms with Crippen molar-refractivity contribution >= 4 is 23.8 Å². The fraction of sp³-hybridized carbons (Fsp3) is 0. The van der Waals surface area contributed by atoms with E-state index >= 15 is 0 Å². The lowest BCUT2D eigenvalue weighted by atomic mass is 10.1. The van der Waals surface area contributed by atoms with Crippen molar-refractivity contribution in [2.24, 2.45) is 0 Å². The van der Waals surface area contributed by atoms with E-state index in [0.29, 0.717) is 0 Å². The molecule has 0 amide bonds. The van der Waals surface area contributed by atoms with E-state index in [0.717, 1.165) is 27.4 Å². The number of aromatic nitrogens is 3. The van der Waals surface area contributed by atoms with Crippen molar-refractivity contribution in [3.05, 3.63) is 71.3 Å². The minimum Gasteiger partial charge on any atom is -0.278 e. The Labute approximate surface area is 122 Å². The average Bonchev–Trinajstić information content (AvgIpc) is 2.95. The molecule has 3 aromatic rings. The van der Waals surface area contributed by atoms with Crippen molar-refractivity contribution in [2.75, 3.05) is 0 Å². The maximum absolute atomic E-state index is 5.97. The van der Waals surface area contributed by atoms with E-state index in [2.05, 4.69) is 15.2 Å². The standard InChI is InChI=1S/C16H12ClN3/c17-14-3-1-2-12(10-14)4-5-16-15(11-19-20-16)13-6-8-18-9-7-13/h1-11H,(H,19,20)/b5-4+. The van der Waals surface area contributed by atoms with E-state index in [-0.39, 0.29) is 0 Å². The summed E-state index contributed by atoms with van der Waals surface area (Å²) in [5, 5.41) is 7.83. The van der Waals surface area contributed by atoms with E-state index in [1.807, 2.05) is 54.7 Å².